The van der Waals surface area contributed by atoms with Gasteiger partial charge in [0, 0.05) is 25.0 Å². The molecule has 154 valence electrons. The van der Waals surface area contributed by atoms with Gasteiger partial charge >= 0.3 is 0 Å². The SMILES string of the molecule is CN(F)c1ccc(SNc2cscn2)c(F)c1.c1ccc(CN2CCCC2)cc1. The van der Waals surface area contributed by atoms with Crippen molar-refractivity contribution in [2.24, 2.45) is 0 Å². The number of anilines is 2. The first-order valence-corrected chi connectivity index (χ1v) is 11.1. The predicted octanol–water partition coefficient (Wildman–Crippen LogP) is 6.00. The molecular weight excluding hydrogens is 410 g/mol. The molecule has 4 nitrogen and oxygen atoms in total. The lowest BCUT2D eigenvalue weighted by atomic mass is 10.2. The standard InChI is InChI=1S/C11H15N.C10H9F2N3S2/c1-2-6-11(7-3-1)10-12-8-4-5-9-12;1-15(12)7-2-3-9(8(11)4-7)17-14-10-5-16-6-13-10/h1-3,6-7H,4-5,8-10H2;2-6,14H,1H3. The first-order valence-electron chi connectivity index (χ1n) is 9.38. The highest BCUT2D eigenvalue weighted by Crippen LogP contribution is 2.27. The van der Waals surface area contributed by atoms with E-state index < -0.39 is 5.82 Å². The highest BCUT2D eigenvalue weighted by Gasteiger charge is 2.10. The van der Waals surface area contributed by atoms with Crippen molar-refractivity contribution in [2.75, 3.05) is 30.0 Å². The quantitative estimate of drug-likeness (QED) is 0.380. The molecule has 1 fully saturated rings. The van der Waals surface area contributed by atoms with E-state index in [1.54, 1.807) is 5.51 Å². The van der Waals surface area contributed by atoms with Crippen LogP contribution < -0.4 is 9.84 Å². The summed E-state index contributed by atoms with van der Waals surface area (Å²) >= 11 is 2.55. The van der Waals surface area contributed by atoms with E-state index in [2.05, 4.69) is 44.9 Å². The number of halogens is 2. The van der Waals surface area contributed by atoms with Crippen molar-refractivity contribution in [3.8, 4) is 0 Å². The largest absolute Gasteiger partial charge is 0.309 e. The second-order valence-corrected chi connectivity index (χ2v) is 8.21. The fourth-order valence-electron chi connectivity index (χ4n) is 2.92. The zero-order valence-corrected chi connectivity index (χ0v) is 17.9. The summed E-state index contributed by atoms with van der Waals surface area (Å²) in [6.07, 6.45) is 2.76. The first kappa shape index (κ1) is 21.5. The van der Waals surface area contributed by atoms with E-state index in [1.165, 1.54) is 62.0 Å². The lowest BCUT2D eigenvalue weighted by Gasteiger charge is -2.13. The molecule has 1 saturated heterocycles. The molecular formula is C21H24F2N4S2. The highest BCUT2D eigenvalue weighted by atomic mass is 32.2. The van der Waals surface area contributed by atoms with E-state index >= 15 is 0 Å². The molecule has 0 bridgehead atoms. The molecule has 0 aliphatic carbocycles. The van der Waals surface area contributed by atoms with Crippen LogP contribution in [0.25, 0.3) is 0 Å². The smallest absolute Gasteiger partial charge is 0.147 e. The topological polar surface area (TPSA) is 31.4 Å². The van der Waals surface area contributed by atoms with Crippen molar-refractivity contribution in [1.82, 2.24) is 9.88 Å². The van der Waals surface area contributed by atoms with Gasteiger partial charge in [-0.25, -0.2) is 14.5 Å². The monoisotopic (exact) mass is 434 g/mol. The molecule has 0 atom stereocenters. The molecule has 1 N–H and O–H groups in total. The Morgan fingerprint density at radius 3 is 2.55 bits per heavy atom. The average Bonchev–Trinajstić information content (AvgIpc) is 3.42. The average molecular weight is 435 g/mol. The van der Waals surface area contributed by atoms with Crippen LogP contribution in [0.2, 0.25) is 0 Å². The predicted molar refractivity (Wildman–Crippen MR) is 118 cm³/mol. The summed E-state index contributed by atoms with van der Waals surface area (Å²) in [6.45, 7) is 3.71. The van der Waals surface area contributed by atoms with E-state index in [9.17, 15) is 8.87 Å². The number of benzene rings is 2. The van der Waals surface area contributed by atoms with E-state index in [0.29, 0.717) is 15.8 Å². The van der Waals surface area contributed by atoms with Crippen LogP contribution in [0.15, 0.2) is 64.3 Å². The fourth-order valence-corrected chi connectivity index (χ4v) is 4.09. The maximum absolute atomic E-state index is 13.6. The van der Waals surface area contributed by atoms with Crippen LogP contribution in [0.4, 0.5) is 20.4 Å². The minimum atomic E-state index is -0.472. The Morgan fingerprint density at radius 1 is 1.17 bits per heavy atom. The van der Waals surface area contributed by atoms with Crippen LogP contribution in [0.5, 0.6) is 0 Å². The molecule has 4 rings (SSSR count). The van der Waals surface area contributed by atoms with Crippen LogP contribution in [0.3, 0.4) is 0 Å². The molecule has 1 aliphatic heterocycles. The third-order valence-corrected chi connectivity index (χ3v) is 5.87. The van der Waals surface area contributed by atoms with E-state index in [1.807, 2.05) is 5.38 Å². The Labute approximate surface area is 178 Å². The number of nitrogens with one attached hydrogen (secondary N) is 1. The molecule has 29 heavy (non-hydrogen) atoms. The third-order valence-electron chi connectivity index (χ3n) is 4.42. The highest BCUT2D eigenvalue weighted by molar-refractivity contribution is 8.00. The Bertz CT molecular complexity index is 854. The second kappa shape index (κ2) is 11.1. The summed E-state index contributed by atoms with van der Waals surface area (Å²) in [5.74, 6) is 0.200. The van der Waals surface area contributed by atoms with Gasteiger partial charge in [-0.05, 0) is 55.6 Å². The Balaban J connectivity index is 0.000000176. The molecule has 0 saturated carbocycles. The van der Waals surface area contributed by atoms with Gasteiger partial charge in [-0.3, -0.25) is 4.90 Å². The van der Waals surface area contributed by atoms with E-state index in [-0.39, 0.29) is 5.69 Å². The van der Waals surface area contributed by atoms with Crippen LogP contribution in [-0.2, 0) is 6.54 Å². The number of thiazole rings is 1. The number of hydrogen-bond donors (Lipinski definition) is 1. The summed E-state index contributed by atoms with van der Waals surface area (Å²) in [5.41, 5.74) is 3.31. The lowest BCUT2D eigenvalue weighted by Crippen LogP contribution is -2.18. The van der Waals surface area contributed by atoms with Gasteiger partial charge in [-0.2, -0.15) is 0 Å². The lowest BCUT2D eigenvalue weighted by molar-refractivity contribution is 0.331. The van der Waals surface area contributed by atoms with E-state index in [4.69, 9.17) is 0 Å². The minimum Gasteiger partial charge on any atom is -0.309 e. The minimum absolute atomic E-state index is 0.181. The summed E-state index contributed by atoms with van der Waals surface area (Å²) < 4.78 is 29.3. The number of rotatable bonds is 6. The summed E-state index contributed by atoms with van der Waals surface area (Å²) in [4.78, 5) is 6.92. The van der Waals surface area contributed by atoms with Crippen molar-refractivity contribution in [3.63, 3.8) is 0 Å². The van der Waals surface area contributed by atoms with Gasteiger partial charge in [-0.1, -0.05) is 30.3 Å². The maximum atomic E-state index is 13.6. The van der Waals surface area contributed by atoms with Gasteiger partial charge in [0.05, 0.1) is 16.1 Å². The molecule has 0 unspecified atom stereocenters. The zero-order valence-electron chi connectivity index (χ0n) is 16.2. The number of nitrogens with zero attached hydrogens (tertiary/aromatic N) is 3. The van der Waals surface area contributed by atoms with Gasteiger partial charge in [0.25, 0.3) is 0 Å². The molecule has 1 aliphatic rings. The van der Waals surface area contributed by atoms with Crippen molar-refractivity contribution < 1.29 is 8.87 Å². The van der Waals surface area contributed by atoms with E-state index in [0.717, 1.165) is 24.6 Å². The molecule has 2 heterocycles. The Kier molecular flexibility index (Phi) is 8.27. The second-order valence-electron chi connectivity index (χ2n) is 6.64. The number of aromatic nitrogens is 1. The van der Waals surface area contributed by atoms with Gasteiger partial charge in [-0.15, -0.1) is 15.8 Å². The summed E-state index contributed by atoms with van der Waals surface area (Å²) in [6, 6.07) is 14.9. The normalized spacial score (nSPS) is 13.6. The van der Waals surface area contributed by atoms with Gasteiger partial charge < -0.3 is 4.72 Å². The van der Waals surface area contributed by atoms with Crippen molar-refractivity contribution in [1.29, 1.82) is 0 Å². The third kappa shape index (κ3) is 6.99. The first-order chi connectivity index (χ1) is 14.1. The Morgan fingerprint density at radius 2 is 1.93 bits per heavy atom. The van der Waals surface area contributed by atoms with Crippen molar-refractivity contribution in [3.05, 3.63) is 70.8 Å². The molecule has 2 aromatic carbocycles. The van der Waals surface area contributed by atoms with Gasteiger partial charge in [0.15, 0.2) is 0 Å². The van der Waals surface area contributed by atoms with Crippen molar-refractivity contribution >= 4 is 34.8 Å². The van der Waals surface area contributed by atoms with Crippen LogP contribution in [0.1, 0.15) is 18.4 Å². The zero-order chi connectivity index (χ0) is 20.5. The summed E-state index contributed by atoms with van der Waals surface area (Å²) in [5, 5.41) is 2.18. The molecule has 0 spiro atoms. The Hall–Kier alpha value is -2.16. The van der Waals surface area contributed by atoms with Gasteiger partial charge in [0.2, 0.25) is 0 Å². The van der Waals surface area contributed by atoms with Crippen LogP contribution >= 0.6 is 23.3 Å². The number of likely N-dealkylation sites (tertiary alicyclic amines) is 1. The number of hydrogen-bond acceptors (Lipinski definition) is 6. The molecule has 0 radical (unpaired) electrons. The molecule has 3 aromatic rings. The maximum Gasteiger partial charge on any atom is 0.147 e. The van der Waals surface area contributed by atoms with Crippen LogP contribution in [-0.4, -0.2) is 30.0 Å². The molecule has 8 heteroatoms. The van der Waals surface area contributed by atoms with Crippen molar-refractivity contribution in [2.45, 2.75) is 24.3 Å². The molecule has 0 amide bonds. The van der Waals surface area contributed by atoms with Crippen LogP contribution in [0, 0.1) is 5.82 Å². The van der Waals surface area contributed by atoms with Gasteiger partial charge in [0.1, 0.15) is 11.6 Å². The summed E-state index contributed by atoms with van der Waals surface area (Å²) in [7, 11) is 1.22. The molecule has 1 aromatic heterocycles. The fraction of sp³-hybridized carbons (Fsp3) is 0.286.